The highest BCUT2D eigenvalue weighted by molar-refractivity contribution is 9.10. The number of carbonyl (C=O) groups is 1. The van der Waals surface area contributed by atoms with Crippen molar-refractivity contribution in [2.24, 2.45) is 0 Å². The van der Waals surface area contributed by atoms with Crippen LogP contribution in [0.5, 0.6) is 0 Å². The normalized spacial score (nSPS) is 19.8. The van der Waals surface area contributed by atoms with Gasteiger partial charge in [0.1, 0.15) is 5.56 Å². The molecule has 0 unspecified atom stereocenters. The second kappa shape index (κ2) is 8.05. The maximum Gasteiger partial charge on any atom is 0.339 e. The van der Waals surface area contributed by atoms with Crippen LogP contribution in [0.3, 0.4) is 0 Å². The first-order valence-electron chi connectivity index (χ1n) is 9.61. The van der Waals surface area contributed by atoms with Crippen molar-refractivity contribution in [3.05, 3.63) is 69.5 Å². The number of rotatable bonds is 5. The van der Waals surface area contributed by atoms with Crippen LogP contribution in [0.1, 0.15) is 58.9 Å². The van der Waals surface area contributed by atoms with Gasteiger partial charge >= 0.3 is 5.97 Å². The van der Waals surface area contributed by atoms with Crippen molar-refractivity contribution in [1.29, 1.82) is 0 Å². The molecule has 0 aliphatic heterocycles. The molecule has 1 N–H and O–H groups in total. The van der Waals surface area contributed by atoms with Crippen LogP contribution in [0.4, 0.5) is 0 Å². The van der Waals surface area contributed by atoms with Crippen LogP contribution in [0.2, 0.25) is 0 Å². The van der Waals surface area contributed by atoms with Crippen LogP contribution < -0.4 is 0 Å². The van der Waals surface area contributed by atoms with Crippen molar-refractivity contribution in [1.82, 2.24) is 9.61 Å². The fourth-order valence-electron chi connectivity index (χ4n) is 4.13. The number of halogens is 1. The zero-order chi connectivity index (χ0) is 19.7. The second-order valence-corrected chi connectivity index (χ2v) is 8.24. The van der Waals surface area contributed by atoms with Crippen molar-refractivity contribution in [3.63, 3.8) is 0 Å². The van der Waals surface area contributed by atoms with Gasteiger partial charge < -0.3 is 9.84 Å². The van der Waals surface area contributed by atoms with E-state index in [-0.39, 0.29) is 11.7 Å². The van der Waals surface area contributed by atoms with Gasteiger partial charge in [-0.05, 0) is 72.2 Å². The van der Waals surface area contributed by atoms with Gasteiger partial charge in [-0.1, -0.05) is 30.3 Å². The average molecular weight is 443 g/mol. The zero-order valence-electron chi connectivity index (χ0n) is 15.8. The molecule has 146 valence electrons. The van der Waals surface area contributed by atoms with Crippen LogP contribution >= 0.6 is 15.9 Å². The summed E-state index contributed by atoms with van der Waals surface area (Å²) < 4.78 is 8.78. The van der Waals surface area contributed by atoms with E-state index in [1.807, 2.05) is 6.07 Å². The van der Waals surface area contributed by atoms with E-state index in [1.165, 1.54) is 5.56 Å². The summed E-state index contributed by atoms with van der Waals surface area (Å²) in [7, 11) is 0. The van der Waals surface area contributed by atoms with Gasteiger partial charge in [0, 0.05) is 4.47 Å². The van der Waals surface area contributed by atoms with E-state index in [2.05, 4.69) is 51.4 Å². The average Bonchev–Trinajstić information content (AvgIpc) is 3.04. The number of hydrogen-bond donors (Lipinski definition) is 1. The van der Waals surface area contributed by atoms with Gasteiger partial charge in [-0.15, -0.1) is 0 Å². The van der Waals surface area contributed by atoms with Gasteiger partial charge in [-0.2, -0.15) is 5.10 Å². The lowest BCUT2D eigenvalue weighted by Crippen LogP contribution is -2.21. The first-order valence-corrected chi connectivity index (χ1v) is 10.4. The molecule has 0 saturated heterocycles. The third-order valence-corrected chi connectivity index (χ3v) is 6.35. The number of carboxylic acid groups (broad SMARTS) is 1. The molecule has 28 heavy (non-hydrogen) atoms. The van der Waals surface area contributed by atoms with Gasteiger partial charge in [-0.25, -0.2) is 9.31 Å². The largest absolute Gasteiger partial charge is 0.478 e. The summed E-state index contributed by atoms with van der Waals surface area (Å²) in [6.07, 6.45) is 4.55. The number of ether oxygens (including phenoxy) is 1. The third-order valence-electron chi connectivity index (χ3n) is 5.63. The quantitative estimate of drug-likeness (QED) is 0.578. The van der Waals surface area contributed by atoms with Gasteiger partial charge in [0.15, 0.2) is 0 Å². The molecule has 1 saturated carbocycles. The monoisotopic (exact) mass is 442 g/mol. The molecule has 5 nitrogen and oxygen atoms in total. The second-order valence-electron chi connectivity index (χ2n) is 7.39. The zero-order valence-corrected chi connectivity index (χ0v) is 17.4. The molecule has 4 rings (SSSR count). The Morgan fingerprint density at radius 1 is 1.18 bits per heavy atom. The molecule has 2 heterocycles. The van der Waals surface area contributed by atoms with Crippen LogP contribution in [-0.2, 0) is 11.3 Å². The van der Waals surface area contributed by atoms with Gasteiger partial charge in [0.25, 0.3) is 0 Å². The maximum absolute atomic E-state index is 11.5. The lowest BCUT2D eigenvalue weighted by molar-refractivity contribution is 0.0107. The summed E-state index contributed by atoms with van der Waals surface area (Å²) in [5.41, 5.74) is 3.62. The molecule has 3 aromatic rings. The number of benzene rings is 1. The van der Waals surface area contributed by atoms with Crippen LogP contribution in [0, 0.1) is 6.92 Å². The van der Waals surface area contributed by atoms with Crippen molar-refractivity contribution < 1.29 is 14.6 Å². The molecule has 2 aromatic heterocycles. The number of fused-ring (bicyclic) bond motifs is 1. The van der Waals surface area contributed by atoms with E-state index in [1.54, 1.807) is 17.5 Å². The molecule has 0 spiro atoms. The van der Waals surface area contributed by atoms with Crippen LogP contribution in [-0.4, -0.2) is 26.8 Å². The Kier molecular flexibility index (Phi) is 5.51. The fourth-order valence-corrected chi connectivity index (χ4v) is 4.55. The number of nitrogens with zero attached hydrogens (tertiary/aromatic N) is 2. The lowest BCUT2D eigenvalue weighted by Gasteiger charge is -2.29. The highest BCUT2D eigenvalue weighted by atomic mass is 79.9. The van der Waals surface area contributed by atoms with Crippen LogP contribution in [0.25, 0.3) is 5.52 Å². The molecule has 1 aliphatic carbocycles. The molecule has 0 bridgehead atoms. The number of pyridine rings is 1. The Hall–Kier alpha value is -2.18. The summed E-state index contributed by atoms with van der Waals surface area (Å²) in [6, 6.07) is 14.3. The summed E-state index contributed by atoms with van der Waals surface area (Å²) in [4.78, 5) is 11.5. The lowest BCUT2D eigenvalue weighted by atomic mass is 9.83. The number of carboxylic acids is 1. The minimum Gasteiger partial charge on any atom is -0.478 e. The summed E-state index contributed by atoms with van der Waals surface area (Å²) in [5.74, 6) is -0.343. The standard InChI is InChI=1S/C22H23BrN2O3/c1-14-21(22(26)27)19-12-11-18(23)20(25(19)24-14)13-28-17-9-7-16(8-10-17)15-5-3-2-4-6-15/h2-6,11-12,16-17H,7-10,13H2,1H3,(H,26,27)/t16-,17+. The molecule has 6 heteroatoms. The molecular formula is C22H23BrN2O3. The SMILES string of the molecule is Cc1nn2c(CO[C@H]3CC[C@@H](c4ccccc4)CC3)c(Br)ccc2c1C(=O)O. The van der Waals surface area contributed by atoms with E-state index in [0.29, 0.717) is 23.7 Å². The Morgan fingerprint density at radius 3 is 2.57 bits per heavy atom. The number of hydrogen-bond acceptors (Lipinski definition) is 3. The Morgan fingerprint density at radius 2 is 1.89 bits per heavy atom. The van der Waals surface area contributed by atoms with Crippen molar-refractivity contribution in [3.8, 4) is 0 Å². The smallest absolute Gasteiger partial charge is 0.339 e. The first-order chi connectivity index (χ1) is 13.5. The summed E-state index contributed by atoms with van der Waals surface area (Å²) >= 11 is 3.57. The number of aromatic carboxylic acids is 1. The third kappa shape index (κ3) is 3.71. The van der Waals surface area contributed by atoms with Crippen molar-refractivity contribution >= 4 is 27.4 Å². The first kappa shape index (κ1) is 19.2. The predicted molar refractivity (Wildman–Crippen MR) is 111 cm³/mol. The Balaban J connectivity index is 1.46. The molecule has 0 amide bonds. The minimum atomic E-state index is -0.957. The van der Waals surface area contributed by atoms with Gasteiger partial charge in [-0.3, -0.25) is 0 Å². The van der Waals surface area contributed by atoms with Crippen molar-refractivity contribution in [2.45, 2.75) is 51.2 Å². The Bertz CT molecular complexity index is 992. The molecule has 1 aliphatic rings. The van der Waals surface area contributed by atoms with E-state index in [0.717, 1.165) is 35.8 Å². The fraction of sp³-hybridized carbons (Fsp3) is 0.364. The van der Waals surface area contributed by atoms with E-state index >= 15 is 0 Å². The van der Waals surface area contributed by atoms with Gasteiger partial charge in [0.05, 0.1) is 29.6 Å². The highest BCUT2D eigenvalue weighted by Crippen LogP contribution is 2.34. The topological polar surface area (TPSA) is 63.8 Å². The summed E-state index contributed by atoms with van der Waals surface area (Å²) in [6.45, 7) is 2.12. The predicted octanol–water partition coefficient (Wildman–Crippen LogP) is 5.35. The molecule has 1 aromatic carbocycles. The Labute approximate surface area is 172 Å². The van der Waals surface area contributed by atoms with Gasteiger partial charge in [0.2, 0.25) is 0 Å². The molecule has 1 fully saturated rings. The molecular weight excluding hydrogens is 420 g/mol. The van der Waals surface area contributed by atoms with E-state index in [4.69, 9.17) is 4.74 Å². The maximum atomic E-state index is 11.5. The minimum absolute atomic E-state index is 0.220. The van der Waals surface area contributed by atoms with Crippen molar-refractivity contribution in [2.75, 3.05) is 0 Å². The molecule has 0 radical (unpaired) electrons. The highest BCUT2D eigenvalue weighted by Gasteiger charge is 2.24. The van der Waals surface area contributed by atoms with Crippen LogP contribution in [0.15, 0.2) is 46.9 Å². The number of aromatic nitrogens is 2. The molecule has 0 atom stereocenters. The summed E-state index contributed by atoms with van der Waals surface area (Å²) in [5, 5.41) is 13.9. The van der Waals surface area contributed by atoms with E-state index in [9.17, 15) is 9.90 Å². The van der Waals surface area contributed by atoms with E-state index < -0.39 is 5.97 Å². The number of aryl methyl sites for hydroxylation is 1.